The topological polar surface area (TPSA) is 38.8 Å². The number of ether oxygens (including phenoxy) is 2. The van der Waals surface area contributed by atoms with Crippen LogP contribution in [0, 0.1) is 5.92 Å². The van der Waals surface area contributed by atoms with Crippen LogP contribution in [-0.4, -0.2) is 32.8 Å². The van der Waals surface area contributed by atoms with E-state index in [0.717, 1.165) is 30.3 Å². The number of anilines is 1. The molecule has 5 heteroatoms. The van der Waals surface area contributed by atoms with Crippen LogP contribution in [0.4, 0.5) is 5.69 Å². The lowest BCUT2D eigenvalue weighted by atomic mass is 10.1. The molecule has 1 aliphatic heterocycles. The predicted octanol–water partition coefficient (Wildman–Crippen LogP) is 4.03. The number of hydrogen-bond acceptors (Lipinski definition) is 4. The summed E-state index contributed by atoms with van der Waals surface area (Å²) in [6.07, 6.45) is 1.10. The summed E-state index contributed by atoms with van der Waals surface area (Å²) >= 11 is 5.94. The fourth-order valence-electron chi connectivity index (χ4n) is 2.87. The number of halogens is 1. The standard InChI is InChI=1S/C19H20ClNO3/c1-23-19(22)15-2-8-18(9-3-15)24-13-14-10-11-21(12-14)17-6-4-16(20)5-7-17/h2-9,14H,10-13H2,1H3. The summed E-state index contributed by atoms with van der Waals surface area (Å²) in [5.41, 5.74) is 1.73. The van der Waals surface area contributed by atoms with Crippen molar-refractivity contribution >= 4 is 23.3 Å². The Balaban J connectivity index is 1.51. The van der Waals surface area contributed by atoms with Gasteiger partial charge in [0.05, 0.1) is 19.3 Å². The lowest BCUT2D eigenvalue weighted by molar-refractivity contribution is 0.0600. The first-order valence-electron chi connectivity index (χ1n) is 7.97. The minimum atomic E-state index is -0.337. The van der Waals surface area contributed by atoms with Gasteiger partial charge in [-0.05, 0) is 55.0 Å². The normalized spacial score (nSPS) is 16.9. The maximum Gasteiger partial charge on any atom is 0.337 e. The van der Waals surface area contributed by atoms with Crippen molar-refractivity contribution in [3.63, 3.8) is 0 Å². The van der Waals surface area contributed by atoms with Crippen molar-refractivity contribution in [3.8, 4) is 5.75 Å². The second-order valence-corrected chi connectivity index (χ2v) is 6.34. The first-order valence-corrected chi connectivity index (χ1v) is 8.35. The van der Waals surface area contributed by atoms with Crippen LogP contribution in [-0.2, 0) is 4.74 Å². The van der Waals surface area contributed by atoms with E-state index in [1.54, 1.807) is 24.3 Å². The van der Waals surface area contributed by atoms with E-state index in [2.05, 4.69) is 21.8 Å². The molecule has 0 spiro atoms. The fraction of sp³-hybridized carbons (Fsp3) is 0.316. The van der Waals surface area contributed by atoms with Crippen LogP contribution in [0.1, 0.15) is 16.8 Å². The lowest BCUT2D eigenvalue weighted by Gasteiger charge is -2.19. The molecule has 0 radical (unpaired) electrons. The SMILES string of the molecule is COC(=O)c1ccc(OCC2CCN(c3ccc(Cl)cc3)C2)cc1. The van der Waals surface area contributed by atoms with Gasteiger partial charge in [-0.25, -0.2) is 4.79 Å². The molecule has 1 aliphatic rings. The van der Waals surface area contributed by atoms with Crippen molar-refractivity contribution in [2.75, 3.05) is 31.7 Å². The maximum atomic E-state index is 11.4. The molecule has 2 aromatic rings. The van der Waals surface area contributed by atoms with Crippen molar-refractivity contribution in [2.24, 2.45) is 5.92 Å². The van der Waals surface area contributed by atoms with Crippen LogP contribution >= 0.6 is 11.6 Å². The molecule has 0 amide bonds. The Morgan fingerprint density at radius 2 is 1.88 bits per heavy atom. The van der Waals surface area contributed by atoms with Crippen molar-refractivity contribution in [2.45, 2.75) is 6.42 Å². The van der Waals surface area contributed by atoms with E-state index in [1.165, 1.54) is 12.8 Å². The molecule has 2 aromatic carbocycles. The van der Waals surface area contributed by atoms with E-state index in [1.807, 2.05) is 12.1 Å². The summed E-state index contributed by atoms with van der Waals surface area (Å²) < 4.78 is 10.5. The van der Waals surface area contributed by atoms with E-state index in [0.29, 0.717) is 18.1 Å². The first kappa shape index (κ1) is 16.7. The molecule has 0 bridgehead atoms. The quantitative estimate of drug-likeness (QED) is 0.767. The van der Waals surface area contributed by atoms with Gasteiger partial charge in [-0.2, -0.15) is 0 Å². The molecule has 0 aliphatic carbocycles. The van der Waals surface area contributed by atoms with Crippen molar-refractivity contribution < 1.29 is 14.3 Å². The van der Waals surface area contributed by atoms with Gasteiger partial charge in [0.15, 0.2) is 0 Å². The molecular weight excluding hydrogens is 326 g/mol. The molecule has 1 atom stereocenters. The number of methoxy groups -OCH3 is 1. The zero-order valence-electron chi connectivity index (χ0n) is 13.6. The number of benzene rings is 2. The van der Waals surface area contributed by atoms with Gasteiger partial charge >= 0.3 is 5.97 Å². The molecule has 126 valence electrons. The van der Waals surface area contributed by atoms with E-state index in [4.69, 9.17) is 16.3 Å². The van der Waals surface area contributed by atoms with Gasteiger partial charge in [0.25, 0.3) is 0 Å². The van der Waals surface area contributed by atoms with Crippen LogP contribution in [0.15, 0.2) is 48.5 Å². The molecule has 4 nitrogen and oxygen atoms in total. The molecule has 1 unspecified atom stereocenters. The summed E-state index contributed by atoms with van der Waals surface area (Å²) in [5, 5.41) is 0.758. The Labute approximate surface area is 146 Å². The Kier molecular flexibility index (Phi) is 5.26. The average Bonchev–Trinajstić information content (AvgIpc) is 3.09. The zero-order valence-corrected chi connectivity index (χ0v) is 14.3. The third kappa shape index (κ3) is 4.01. The highest BCUT2D eigenvalue weighted by molar-refractivity contribution is 6.30. The Bertz CT molecular complexity index is 685. The summed E-state index contributed by atoms with van der Waals surface area (Å²) in [4.78, 5) is 13.8. The van der Waals surface area contributed by atoms with Crippen LogP contribution in [0.25, 0.3) is 0 Å². The van der Waals surface area contributed by atoms with E-state index < -0.39 is 0 Å². The second-order valence-electron chi connectivity index (χ2n) is 5.90. The molecule has 0 aromatic heterocycles. The highest BCUT2D eigenvalue weighted by atomic mass is 35.5. The molecular formula is C19H20ClNO3. The summed E-state index contributed by atoms with van der Waals surface area (Å²) in [7, 11) is 1.37. The van der Waals surface area contributed by atoms with Gasteiger partial charge in [-0.15, -0.1) is 0 Å². The molecule has 0 saturated carbocycles. The Hall–Kier alpha value is -2.20. The van der Waals surface area contributed by atoms with E-state index in [9.17, 15) is 4.79 Å². The largest absolute Gasteiger partial charge is 0.493 e. The Morgan fingerprint density at radius 1 is 1.17 bits per heavy atom. The molecule has 24 heavy (non-hydrogen) atoms. The van der Waals surface area contributed by atoms with Crippen LogP contribution in [0.2, 0.25) is 5.02 Å². The molecule has 3 rings (SSSR count). The van der Waals surface area contributed by atoms with Crippen molar-refractivity contribution in [1.82, 2.24) is 0 Å². The zero-order chi connectivity index (χ0) is 16.9. The average molecular weight is 346 g/mol. The van der Waals surface area contributed by atoms with Gasteiger partial charge in [0, 0.05) is 29.7 Å². The highest BCUT2D eigenvalue weighted by Gasteiger charge is 2.23. The van der Waals surface area contributed by atoms with Crippen LogP contribution in [0.3, 0.4) is 0 Å². The minimum absolute atomic E-state index is 0.337. The monoisotopic (exact) mass is 345 g/mol. The first-order chi connectivity index (χ1) is 11.7. The summed E-state index contributed by atoms with van der Waals surface area (Å²) in [6, 6.07) is 15.0. The van der Waals surface area contributed by atoms with Gasteiger partial charge in [0.2, 0.25) is 0 Å². The predicted molar refractivity (Wildman–Crippen MR) is 95.0 cm³/mol. The van der Waals surface area contributed by atoms with E-state index in [-0.39, 0.29) is 5.97 Å². The molecule has 1 heterocycles. The fourth-order valence-corrected chi connectivity index (χ4v) is 3.00. The highest BCUT2D eigenvalue weighted by Crippen LogP contribution is 2.26. The van der Waals surface area contributed by atoms with Crippen LogP contribution < -0.4 is 9.64 Å². The number of nitrogens with zero attached hydrogens (tertiary/aromatic N) is 1. The van der Waals surface area contributed by atoms with Crippen molar-refractivity contribution in [1.29, 1.82) is 0 Å². The Morgan fingerprint density at radius 3 is 2.54 bits per heavy atom. The smallest absolute Gasteiger partial charge is 0.337 e. The molecule has 0 N–H and O–H groups in total. The second kappa shape index (κ2) is 7.58. The van der Waals surface area contributed by atoms with Gasteiger partial charge in [-0.3, -0.25) is 0 Å². The number of carbonyl (C=O) groups is 1. The van der Waals surface area contributed by atoms with Crippen molar-refractivity contribution in [3.05, 3.63) is 59.1 Å². The number of esters is 1. The number of rotatable bonds is 5. The van der Waals surface area contributed by atoms with Crippen LogP contribution in [0.5, 0.6) is 5.75 Å². The number of hydrogen-bond donors (Lipinski definition) is 0. The molecule has 1 fully saturated rings. The molecule has 1 saturated heterocycles. The van der Waals surface area contributed by atoms with Gasteiger partial charge in [-0.1, -0.05) is 11.6 Å². The minimum Gasteiger partial charge on any atom is -0.493 e. The summed E-state index contributed by atoms with van der Waals surface area (Å²) in [6.45, 7) is 2.67. The van der Waals surface area contributed by atoms with Gasteiger partial charge < -0.3 is 14.4 Å². The summed E-state index contributed by atoms with van der Waals surface area (Å²) in [5.74, 6) is 0.921. The lowest BCUT2D eigenvalue weighted by Crippen LogP contribution is -2.21. The third-order valence-corrected chi connectivity index (χ3v) is 4.49. The number of carbonyl (C=O) groups excluding carboxylic acids is 1. The van der Waals surface area contributed by atoms with Gasteiger partial charge in [0.1, 0.15) is 5.75 Å². The van der Waals surface area contributed by atoms with E-state index >= 15 is 0 Å². The third-order valence-electron chi connectivity index (χ3n) is 4.24. The maximum absolute atomic E-state index is 11.4.